The Morgan fingerprint density at radius 3 is 2.59 bits per heavy atom. The Hall–Kier alpha value is -3.67. The average molecular weight is 429 g/mol. The molecule has 0 spiro atoms. The molecule has 5 rings (SSSR count). The highest BCUT2D eigenvalue weighted by molar-refractivity contribution is 6.07. The Labute approximate surface area is 186 Å². The Bertz CT molecular complexity index is 1200. The summed E-state index contributed by atoms with van der Waals surface area (Å²) in [5.41, 5.74) is 2.14. The van der Waals surface area contributed by atoms with Crippen LogP contribution in [0.2, 0.25) is 0 Å². The summed E-state index contributed by atoms with van der Waals surface area (Å²) in [5, 5.41) is 2.81. The van der Waals surface area contributed by atoms with E-state index in [1.807, 2.05) is 36.4 Å². The summed E-state index contributed by atoms with van der Waals surface area (Å²) in [6.45, 7) is 4.09. The van der Waals surface area contributed by atoms with Crippen LogP contribution in [-0.4, -0.2) is 29.7 Å². The van der Waals surface area contributed by atoms with E-state index in [4.69, 9.17) is 9.73 Å². The highest BCUT2D eigenvalue weighted by atomic mass is 19.1. The van der Waals surface area contributed by atoms with Gasteiger partial charge in [-0.1, -0.05) is 31.2 Å². The predicted octanol–water partition coefficient (Wildman–Crippen LogP) is 5.99. The highest BCUT2D eigenvalue weighted by Crippen LogP contribution is 2.39. The first-order valence-corrected chi connectivity index (χ1v) is 10.9. The van der Waals surface area contributed by atoms with Crippen molar-refractivity contribution in [3.8, 4) is 11.5 Å². The number of carbonyl (C=O) groups is 1. The van der Waals surface area contributed by atoms with Crippen LogP contribution >= 0.6 is 0 Å². The lowest BCUT2D eigenvalue weighted by atomic mass is 9.98. The fourth-order valence-electron chi connectivity index (χ4n) is 4.11. The van der Waals surface area contributed by atoms with E-state index in [1.54, 1.807) is 18.2 Å². The number of nitrogens with zero attached hydrogens (tertiary/aromatic N) is 2. The molecule has 0 radical (unpaired) electrons. The fourth-order valence-corrected chi connectivity index (χ4v) is 4.11. The number of nitrogens with one attached hydrogen (secondary N) is 1. The maximum atomic E-state index is 14.1. The van der Waals surface area contributed by atoms with Crippen LogP contribution < -0.4 is 10.1 Å². The third-order valence-corrected chi connectivity index (χ3v) is 5.99. The summed E-state index contributed by atoms with van der Waals surface area (Å²) < 4.78 is 20.2. The number of halogens is 1. The topological polar surface area (TPSA) is 53.9 Å². The summed E-state index contributed by atoms with van der Waals surface area (Å²) in [4.78, 5) is 19.9. The second-order valence-electron chi connectivity index (χ2n) is 8.32. The molecule has 0 aromatic heterocycles. The standard InChI is InChI=1S/C26H24FN3O2/c1-17-12-14-30(15-13-17)25-20-16-18(28-26(31)19-6-2-3-7-21(19)27)10-11-23(20)32-24-9-5-4-8-22(24)29-25/h2-11,16-17H,12-15H2,1H3,(H,28,31). The van der Waals surface area contributed by atoms with Crippen LogP contribution in [0, 0.1) is 11.7 Å². The van der Waals surface area contributed by atoms with E-state index in [1.165, 1.54) is 12.1 Å². The van der Waals surface area contributed by atoms with Gasteiger partial charge in [-0.2, -0.15) is 0 Å². The number of amides is 1. The van der Waals surface area contributed by atoms with Crippen molar-refractivity contribution < 1.29 is 13.9 Å². The predicted molar refractivity (Wildman–Crippen MR) is 123 cm³/mol. The monoisotopic (exact) mass is 429 g/mol. The Morgan fingerprint density at radius 2 is 1.78 bits per heavy atom. The van der Waals surface area contributed by atoms with E-state index >= 15 is 0 Å². The first-order chi connectivity index (χ1) is 15.6. The van der Waals surface area contributed by atoms with Crippen LogP contribution in [-0.2, 0) is 0 Å². The summed E-state index contributed by atoms with van der Waals surface area (Å²) in [5.74, 6) is 1.84. The van der Waals surface area contributed by atoms with Crippen molar-refractivity contribution in [1.82, 2.24) is 4.90 Å². The van der Waals surface area contributed by atoms with E-state index in [-0.39, 0.29) is 5.56 Å². The van der Waals surface area contributed by atoms with Crippen LogP contribution in [0.4, 0.5) is 15.8 Å². The number of anilines is 1. The van der Waals surface area contributed by atoms with Gasteiger partial charge in [-0.05, 0) is 61.2 Å². The molecular weight excluding hydrogens is 405 g/mol. The molecule has 32 heavy (non-hydrogen) atoms. The van der Waals surface area contributed by atoms with Crippen molar-refractivity contribution in [2.45, 2.75) is 19.8 Å². The molecule has 0 unspecified atom stereocenters. The summed E-state index contributed by atoms with van der Waals surface area (Å²) in [6.07, 6.45) is 2.20. The maximum Gasteiger partial charge on any atom is 0.258 e. The van der Waals surface area contributed by atoms with E-state index in [2.05, 4.69) is 17.1 Å². The van der Waals surface area contributed by atoms with E-state index in [0.29, 0.717) is 23.1 Å². The minimum Gasteiger partial charge on any atom is -0.454 e. The zero-order valence-corrected chi connectivity index (χ0v) is 17.8. The van der Waals surface area contributed by atoms with Gasteiger partial charge in [0, 0.05) is 18.8 Å². The minimum absolute atomic E-state index is 0.00464. The number of benzene rings is 3. The molecule has 2 aliphatic heterocycles. The largest absolute Gasteiger partial charge is 0.454 e. The molecule has 6 heteroatoms. The fraction of sp³-hybridized carbons (Fsp3) is 0.231. The number of hydrogen-bond donors (Lipinski definition) is 1. The molecular formula is C26H24FN3O2. The molecule has 0 bridgehead atoms. The Balaban J connectivity index is 1.52. The Kier molecular flexibility index (Phi) is 5.35. The number of hydrogen-bond acceptors (Lipinski definition) is 4. The third kappa shape index (κ3) is 3.96. The molecule has 2 heterocycles. The lowest BCUT2D eigenvalue weighted by Crippen LogP contribution is -2.38. The van der Waals surface area contributed by atoms with Crippen LogP contribution in [0.1, 0.15) is 35.7 Å². The lowest BCUT2D eigenvalue weighted by molar-refractivity contribution is 0.102. The number of likely N-dealkylation sites (tertiary alicyclic amines) is 1. The minimum atomic E-state index is -0.553. The maximum absolute atomic E-state index is 14.1. The number of piperidine rings is 1. The normalized spacial score (nSPS) is 15.7. The van der Waals surface area contributed by atoms with Gasteiger partial charge < -0.3 is 15.0 Å². The molecule has 0 aliphatic carbocycles. The van der Waals surface area contributed by atoms with E-state index < -0.39 is 11.7 Å². The van der Waals surface area contributed by atoms with Crippen LogP contribution in [0.15, 0.2) is 71.7 Å². The van der Waals surface area contributed by atoms with E-state index in [9.17, 15) is 9.18 Å². The second kappa shape index (κ2) is 8.46. The summed E-state index contributed by atoms with van der Waals surface area (Å²) in [6, 6.07) is 19.1. The van der Waals surface area contributed by atoms with Crippen molar-refractivity contribution in [2.24, 2.45) is 10.9 Å². The molecule has 3 aromatic carbocycles. The highest BCUT2D eigenvalue weighted by Gasteiger charge is 2.26. The molecule has 162 valence electrons. The summed E-state index contributed by atoms with van der Waals surface area (Å²) in [7, 11) is 0. The molecule has 5 nitrogen and oxygen atoms in total. The summed E-state index contributed by atoms with van der Waals surface area (Å²) >= 11 is 0. The SMILES string of the molecule is CC1CCN(C2=Nc3ccccc3Oc3ccc(NC(=O)c4ccccc4F)cc32)CC1. The Morgan fingerprint density at radius 1 is 1.03 bits per heavy atom. The molecule has 2 aliphatic rings. The second-order valence-corrected chi connectivity index (χ2v) is 8.32. The van der Waals surface area contributed by atoms with Gasteiger partial charge in [0.15, 0.2) is 5.75 Å². The number of para-hydroxylation sites is 2. The molecule has 1 saturated heterocycles. The first-order valence-electron chi connectivity index (χ1n) is 10.9. The number of carbonyl (C=O) groups excluding carboxylic acids is 1. The van der Waals surface area contributed by atoms with Gasteiger partial charge in [-0.15, -0.1) is 0 Å². The number of fused-ring (bicyclic) bond motifs is 2. The third-order valence-electron chi connectivity index (χ3n) is 5.99. The smallest absolute Gasteiger partial charge is 0.258 e. The van der Waals surface area contributed by atoms with Crippen molar-refractivity contribution in [2.75, 3.05) is 18.4 Å². The molecule has 1 fully saturated rings. The zero-order chi connectivity index (χ0) is 22.1. The van der Waals surface area contributed by atoms with Gasteiger partial charge in [-0.3, -0.25) is 4.79 Å². The van der Waals surface area contributed by atoms with E-state index in [0.717, 1.165) is 43.0 Å². The quantitative estimate of drug-likeness (QED) is 0.544. The van der Waals surface area contributed by atoms with Crippen molar-refractivity contribution in [3.05, 3.63) is 83.7 Å². The molecule has 0 atom stereocenters. The van der Waals surface area contributed by atoms with Gasteiger partial charge in [0.1, 0.15) is 23.1 Å². The van der Waals surface area contributed by atoms with Crippen molar-refractivity contribution in [3.63, 3.8) is 0 Å². The van der Waals surface area contributed by atoms with Crippen molar-refractivity contribution in [1.29, 1.82) is 0 Å². The van der Waals surface area contributed by atoms with Gasteiger partial charge in [0.05, 0.1) is 11.1 Å². The average Bonchev–Trinajstić information content (AvgIpc) is 2.96. The van der Waals surface area contributed by atoms with Gasteiger partial charge in [0.25, 0.3) is 5.91 Å². The lowest BCUT2D eigenvalue weighted by Gasteiger charge is -2.33. The van der Waals surface area contributed by atoms with Gasteiger partial charge in [-0.25, -0.2) is 9.38 Å². The van der Waals surface area contributed by atoms with Gasteiger partial charge in [0.2, 0.25) is 0 Å². The number of aliphatic imine (C=N–C) groups is 1. The number of ether oxygens (including phenoxy) is 1. The zero-order valence-electron chi connectivity index (χ0n) is 17.8. The van der Waals surface area contributed by atoms with Crippen LogP contribution in [0.5, 0.6) is 11.5 Å². The number of amidine groups is 1. The number of rotatable bonds is 2. The van der Waals surface area contributed by atoms with Crippen LogP contribution in [0.3, 0.4) is 0 Å². The first kappa shape index (κ1) is 20.2. The molecule has 0 saturated carbocycles. The van der Waals surface area contributed by atoms with Gasteiger partial charge >= 0.3 is 0 Å². The van der Waals surface area contributed by atoms with Crippen LogP contribution in [0.25, 0.3) is 0 Å². The molecule has 1 amide bonds. The molecule has 3 aromatic rings. The van der Waals surface area contributed by atoms with Crippen molar-refractivity contribution >= 4 is 23.1 Å². The molecule has 1 N–H and O–H groups in total.